The summed E-state index contributed by atoms with van der Waals surface area (Å²) in [6.07, 6.45) is -0.898. The minimum Gasteiger partial charge on any atom is -0.456 e. The Balaban J connectivity index is 2.10. The van der Waals surface area contributed by atoms with Crippen molar-refractivity contribution in [3.05, 3.63) is 64.9 Å². The van der Waals surface area contributed by atoms with Crippen LogP contribution in [0.4, 0.5) is 5.69 Å². The summed E-state index contributed by atoms with van der Waals surface area (Å²) in [5.74, 6) is 0.431. The molecule has 0 saturated heterocycles. The number of hydrogen-bond acceptors (Lipinski definition) is 3. The predicted molar refractivity (Wildman–Crippen MR) is 76.1 cm³/mol. The number of para-hydroxylation sites is 2. The van der Waals surface area contributed by atoms with Crippen LogP contribution in [-0.2, 0) is 0 Å². The summed E-state index contributed by atoms with van der Waals surface area (Å²) in [4.78, 5) is 0. The third-order valence-electron chi connectivity index (χ3n) is 3.08. The number of aliphatic hydroxyl groups is 1. The fourth-order valence-electron chi connectivity index (χ4n) is 2.10. The van der Waals surface area contributed by atoms with Crippen LogP contribution in [0.15, 0.2) is 52.9 Å². The minimum absolute atomic E-state index is 0.431. The molecule has 19 heavy (non-hydrogen) atoms. The van der Waals surface area contributed by atoms with Crippen molar-refractivity contribution in [3.8, 4) is 0 Å². The van der Waals surface area contributed by atoms with Crippen LogP contribution in [-0.4, -0.2) is 5.11 Å². The van der Waals surface area contributed by atoms with E-state index in [0.29, 0.717) is 27.6 Å². The molecule has 1 unspecified atom stereocenters. The number of rotatable bonds is 2. The minimum atomic E-state index is -0.898. The maximum absolute atomic E-state index is 10.3. The second kappa shape index (κ2) is 4.61. The van der Waals surface area contributed by atoms with E-state index in [9.17, 15) is 5.11 Å². The van der Waals surface area contributed by atoms with Gasteiger partial charge in [0.25, 0.3) is 0 Å². The summed E-state index contributed by atoms with van der Waals surface area (Å²) >= 11 is 6.05. The van der Waals surface area contributed by atoms with Crippen LogP contribution in [0.1, 0.15) is 17.4 Å². The standard InChI is InChI=1S/C15H12ClNO2/c16-11-6-3-4-9-8-13(19-15(9)11)14(18)10-5-1-2-7-12(10)17/h1-8,14,18H,17H2. The van der Waals surface area contributed by atoms with E-state index in [2.05, 4.69) is 0 Å². The van der Waals surface area contributed by atoms with Crippen molar-refractivity contribution in [2.24, 2.45) is 0 Å². The van der Waals surface area contributed by atoms with Crippen molar-refractivity contribution in [2.75, 3.05) is 5.73 Å². The van der Waals surface area contributed by atoms with E-state index in [1.54, 1.807) is 24.3 Å². The van der Waals surface area contributed by atoms with Crippen LogP contribution in [0.3, 0.4) is 0 Å². The van der Waals surface area contributed by atoms with E-state index >= 15 is 0 Å². The molecule has 0 saturated carbocycles. The molecule has 3 aromatic rings. The molecule has 0 radical (unpaired) electrons. The second-order valence-electron chi connectivity index (χ2n) is 4.34. The average molecular weight is 274 g/mol. The van der Waals surface area contributed by atoms with Gasteiger partial charge in [0.15, 0.2) is 5.58 Å². The van der Waals surface area contributed by atoms with Gasteiger partial charge in [-0.1, -0.05) is 41.9 Å². The molecule has 1 aromatic heterocycles. The maximum Gasteiger partial charge on any atom is 0.153 e. The summed E-state index contributed by atoms with van der Waals surface area (Å²) in [5, 5.41) is 11.7. The Labute approximate surface area is 115 Å². The SMILES string of the molecule is Nc1ccccc1C(O)c1cc2cccc(Cl)c2o1. The summed E-state index contributed by atoms with van der Waals surface area (Å²) in [6.45, 7) is 0. The molecule has 1 heterocycles. The molecule has 0 aliphatic rings. The average Bonchev–Trinajstić information content (AvgIpc) is 2.84. The van der Waals surface area contributed by atoms with Crippen LogP contribution in [0.5, 0.6) is 0 Å². The van der Waals surface area contributed by atoms with E-state index in [-0.39, 0.29) is 0 Å². The van der Waals surface area contributed by atoms with Crippen molar-refractivity contribution >= 4 is 28.3 Å². The maximum atomic E-state index is 10.3. The molecule has 2 aromatic carbocycles. The van der Waals surface area contributed by atoms with Crippen molar-refractivity contribution in [3.63, 3.8) is 0 Å². The van der Waals surface area contributed by atoms with Crippen LogP contribution in [0.25, 0.3) is 11.0 Å². The Hall–Kier alpha value is -1.97. The van der Waals surface area contributed by atoms with Gasteiger partial charge in [-0.2, -0.15) is 0 Å². The zero-order valence-corrected chi connectivity index (χ0v) is 10.8. The molecule has 3 nitrogen and oxygen atoms in total. The van der Waals surface area contributed by atoms with Crippen molar-refractivity contribution < 1.29 is 9.52 Å². The lowest BCUT2D eigenvalue weighted by Crippen LogP contribution is -2.02. The number of aliphatic hydroxyl groups excluding tert-OH is 1. The Bertz CT molecular complexity index is 736. The molecule has 96 valence electrons. The largest absolute Gasteiger partial charge is 0.456 e. The lowest BCUT2D eigenvalue weighted by molar-refractivity contribution is 0.193. The zero-order valence-electron chi connectivity index (χ0n) is 10.0. The Morgan fingerprint density at radius 2 is 1.89 bits per heavy atom. The second-order valence-corrected chi connectivity index (χ2v) is 4.75. The number of halogens is 1. The molecule has 4 heteroatoms. The smallest absolute Gasteiger partial charge is 0.153 e. The summed E-state index contributed by atoms with van der Waals surface area (Å²) in [7, 11) is 0. The van der Waals surface area contributed by atoms with Gasteiger partial charge in [0.2, 0.25) is 0 Å². The van der Waals surface area contributed by atoms with E-state index in [0.717, 1.165) is 5.39 Å². The first kappa shape index (κ1) is 12.1. The number of hydrogen-bond donors (Lipinski definition) is 2. The highest BCUT2D eigenvalue weighted by molar-refractivity contribution is 6.34. The zero-order chi connectivity index (χ0) is 13.4. The highest BCUT2D eigenvalue weighted by Gasteiger charge is 2.18. The van der Waals surface area contributed by atoms with E-state index < -0.39 is 6.10 Å². The van der Waals surface area contributed by atoms with Crippen LogP contribution in [0, 0.1) is 0 Å². The third-order valence-corrected chi connectivity index (χ3v) is 3.37. The summed E-state index contributed by atoms with van der Waals surface area (Å²) in [6, 6.07) is 14.4. The Kier molecular flexibility index (Phi) is 2.93. The van der Waals surface area contributed by atoms with Gasteiger partial charge in [-0.05, 0) is 18.2 Å². The van der Waals surface area contributed by atoms with E-state index in [1.165, 1.54) is 0 Å². The van der Waals surface area contributed by atoms with Crippen molar-refractivity contribution in [2.45, 2.75) is 6.10 Å². The predicted octanol–water partition coefficient (Wildman–Crippen LogP) is 3.75. The molecule has 0 fully saturated rings. The molecule has 3 rings (SSSR count). The monoisotopic (exact) mass is 273 g/mol. The first-order chi connectivity index (χ1) is 9.16. The molecule has 3 N–H and O–H groups in total. The van der Waals surface area contributed by atoms with Crippen molar-refractivity contribution in [1.82, 2.24) is 0 Å². The Morgan fingerprint density at radius 1 is 1.11 bits per heavy atom. The number of anilines is 1. The van der Waals surface area contributed by atoms with E-state index in [4.69, 9.17) is 21.8 Å². The van der Waals surface area contributed by atoms with Gasteiger partial charge in [0, 0.05) is 16.6 Å². The normalized spacial score (nSPS) is 12.7. The number of fused-ring (bicyclic) bond motifs is 1. The topological polar surface area (TPSA) is 59.4 Å². The molecule has 1 atom stereocenters. The van der Waals surface area contributed by atoms with Crippen LogP contribution in [0.2, 0.25) is 5.02 Å². The molecule has 0 aliphatic carbocycles. The van der Waals surface area contributed by atoms with E-state index in [1.807, 2.05) is 24.3 Å². The van der Waals surface area contributed by atoms with Gasteiger partial charge < -0.3 is 15.3 Å². The first-order valence-electron chi connectivity index (χ1n) is 5.87. The molecule has 0 spiro atoms. The lowest BCUT2D eigenvalue weighted by Gasteiger charge is -2.10. The lowest BCUT2D eigenvalue weighted by atomic mass is 10.1. The van der Waals surface area contributed by atoms with Crippen LogP contribution >= 0.6 is 11.6 Å². The molecule has 0 aliphatic heterocycles. The Morgan fingerprint density at radius 3 is 2.63 bits per heavy atom. The number of nitrogen functional groups attached to an aromatic ring is 1. The molecular weight excluding hydrogens is 262 g/mol. The summed E-state index contributed by atoms with van der Waals surface area (Å²) in [5.41, 5.74) is 7.58. The van der Waals surface area contributed by atoms with Gasteiger partial charge in [0.1, 0.15) is 11.9 Å². The molecule has 0 amide bonds. The highest BCUT2D eigenvalue weighted by atomic mass is 35.5. The van der Waals surface area contributed by atoms with Gasteiger partial charge in [0.05, 0.1) is 5.02 Å². The third kappa shape index (κ3) is 2.07. The number of furan rings is 1. The number of benzene rings is 2. The van der Waals surface area contributed by atoms with Gasteiger partial charge in [-0.3, -0.25) is 0 Å². The van der Waals surface area contributed by atoms with Crippen molar-refractivity contribution in [1.29, 1.82) is 0 Å². The summed E-state index contributed by atoms with van der Waals surface area (Å²) < 4.78 is 5.63. The van der Waals surface area contributed by atoms with Gasteiger partial charge in [-0.15, -0.1) is 0 Å². The fraction of sp³-hybridized carbons (Fsp3) is 0.0667. The highest BCUT2D eigenvalue weighted by Crippen LogP contribution is 2.33. The quantitative estimate of drug-likeness (QED) is 0.699. The molecular formula is C15H12ClNO2. The van der Waals surface area contributed by atoms with Gasteiger partial charge >= 0.3 is 0 Å². The van der Waals surface area contributed by atoms with Crippen LogP contribution < -0.4 is 5.73 Å². The molecule has 0 bridgehead atoms. The van der Waals surface area contributed by atoms with Gasteiger partial charge in [-0.25, -0.2) is 0 Å². The fourth-order valence-corrected chi connectivity index (χ4v) is 2.32. The number of nitrogens with two attached hydrogens (primary N) is 1. The first-order valence-corrected chi connectivity index (χ1v) is 6.25.